The lowest BCUT2D eigenvalue weighted by atomic mass is 10.2. The maximum Gasteiger partial charge on any atom is 0.181 e. The van der Waals surface area contributed by atoms with Crippen molar-refractivity contribution in [1.29, 1.82) is 0 Å². The summed E-state index contributed by atoms with van der Waals surface area (Å²) < 4.78 is 1.20. The van der Waals surface area contributed by atoms with Gasteiger partial charge in [0.15, 0.2) is 5.82 Å². The predicted molar refractivity (Wildman–Crippen MR) is 62.4 cm³/mol. The Kier molecular flexibility index (Phi) is 2.78. The summed E-state index contributed by atoms with van der Waals surface area (Å²) in [4.78, 5) is 4.23. The van der Waals surface area contributed by atoms with Gasteiger partial charge >= 0.3 is 0 Å². The molecule has 72 valence electrons. The minimum Gasteiger partial charge on any atom is -0.324 e. The SMILES string of the molecule is NCc1nc(-c2ccc(I)cc2)n[nH]1. The van der Waals surface area contributed by atoms with Crippen molar-refractivity contribution >= 4 is 22.6 Å². The second kappa shape index (κ2) is 4.05. The number of rotatable bonds is 2. The van der Waals surface area contributed by atoms with E-state index in [1.54, 1.807) is 0 Å². The van der Waals surface area contributed by atoms with Gasteiger partial charge in [0.25, 0.3) is 0 Å². The number of aromatic amines is 1. The average Bonchev–Trinajstić information content (AvgIpc) is 2.67. The number of nitrogens with zero attached hydrogens (tertiary/aromatic N) is 2. The van der Waals surface area contributed by atoms with Gasteiger partial charge in [-0.1, -0.05) is 12.1 Å². The van der Waals surface area contributed by atoms with E-state index in [1.165, 1.54) is 3.57 Å². The molecule has 3 N–H and O–H groups in total. The molecule has 1 heterocycles. The fourth-order valence-electron chi connectivity index (χ4n) is 1.11. The molecule has 0 radical (unpaired) electrons. The fourth-order valence-corrected chi connectivity index (χ4v) is 1.47. The minimum absolute atomic E-state index is 0.386. The lowest BCUT2D eigenvalue weighted by Crippen LogP contribution is -1.97. The van der Waals surface area contributed by atoms with Crippen LogP contribution in [0.15, 0.2) is 24.3 Å². The normalized spacial score (nSPS) is 10.4. The van der Waals surface area contributed by atoms with Gasteiger partial charge in [0.2, 0.25) is 0 Å². The van der Waals surface area contributed by atoms with E-state index in [0.29, 0.717) is 18.2 Å². The van der Waals surface area contributed by atoms with Crippen molar-refractivity contribution in [1.82, 2.24) is 15.2 Å². The van der Waals surface area contributed by atoms with E-state index in [-0.39, 0.29) is 0 Å². The van der Waals surface area contributed by atoms with E-state index in [4.69, 9.17) is 5.73 Å². The Balaban J connectivity index is 2.34. The molecule has 0 bridgehead atoms. The van der Waals surface area contributed by atoms with Crippen LogP contribution >= 0.6 is 22.6 Å². The summed E-state index contributed by atoms with van der Waals surface area (Å²) in [5.41, 5.74) is 6.43. The molecule has 0 saturated heterocycles. The van der Waals surface area contributed by atoms with Gasteiger partial charge in [0.1, 0.15) is 5.82 Å². The van der Waals surface area contributed by atoms with Gasteiger partial charge in [0, 0.05) is 9.13 Å². The Morgan fingerprint density at radius 1 is 1.29 bits per heavy atom. The number of halogens is 1. The number of H-pyrrole nitrogens is 1. The summed E-state index contributed by atoms with van der Waals surface area (Å²) in [6.07, 6.45) is 0. The smallest absolute Gasteiger partial charge is 0.181 e. The van der Waals surface area contributed by atoms with Crippen molar-refractivity contribution in [3.63, 3.8) is 0 Å². The zero-order chi connectivity index (χ0) is 9.97. The zero-order valence-corrected chi connectivity index (χ0v) is 9.52. The molecule has 0 aliphatic heterocycles. The molecule has 2 rings (SSSR count). The third-order valence-corrected chi connectivity index (χ3v) is 2.55. The number of nitrogens with two attached hydrogens (primary N) is 1. The molecule has 14 heavy (non-hydrogen) atoms. The van der Waals surface area contributed by atoms with Crippen LogP contribution in [-0.2, 0) is 6.54 Å². The first kappa shape index (κ1) is 9.60. The molecule has 0 atom stereocenters. The quantitative estimate of drug-likeness (QED) is 0.827. The minimum atomic E-state index is 0.386. The molecule has 0 amide bonds. The molecule has 0 spiro atoms. The van der Waals surface area contributed by atoms with Gasteiger partial charge in [-0.3, -0.25) is 5.10 Å². The Labute approximate surface area is 95.1 Å². The molecular weight excluding hydrogens is 291 g/mol. The third-order valence-electron chi connectivity index (χ3n) is 1.83. The highest BCUT2D eigenvalue weighted by Gasteiger charge is 2.03. The summed E-state index contributed by atoms with van der Waals surface area (Å²) in [5.74, 6) is 1.40. The fraction of sp³-hybridized carbons (Fsp3) is 0.111. The van der Waals surface area contributed by atoms with Crippen LogP contribution in [-0.4, -0.2) is 15.2 Å². The second-order valence-corrected chi connectivity index (χ2v) is 4.06. The Bertz CT molecular complexity index is 421. The van der Waals surface area contributed by atoms with Crippen LogP contribution in [0.5, 0.6) is 0 Å². The lowest BCUT2D eigenvalue weighted by molar-refractivity contribution is 0.917. The summed E-state index contributed by atoms with van der Waals surface area (Å²) in [6.45, 7) is 0.386. The molecule has 0 aliphatic carbocycles. The van der Waals surface area contributed by atoms with Crippen molar-refractivity contribution in [3.8, 4) is 11.4 Å². The molecule has 1 aromatic heterocycles. The molecule has 0 fully saturated rings. The van der Waals surface area contributed by atoms with Crippen LogP contribution in [0.25, 0.3) is 11.4 Å². The van der Waals surface area contributed by atoms with Crippen LogP contribution in [0.3, 0.4) is 0 Å². The lowest BCUT2D eigenvalue weighted by Gasteiger charge is -1.94. The second-order valence-electron chi connectivity index (χ2n) is 2.82. The van der Waals surface area contributed by atoms with E-state index in [2.05, 4.69) is 37.8 Å². The van der Waals surface area contributed by atoms with Crippen LogP contribution in [0.4, 0.5) is 0 Å². The molecule has 0 unspecified atom stereocenters. The van der Waals surface area contributed by atoms with Gasteiger partial charge in [-0.05, 0) is 34.7 Å². The van der Waals surface area contributed by atoms with Crippen LogP contribution < -0.4 is 5.73 Å². The van der Waals surface area contributed by atoms with Crippen molar-refractivity contribution in [2.75, 3.05) is 0 Å². The topological polar surface area (TPSA) is 67.6 Å². The molecule has 0 saturated carbocycles. The monoisotopic (exact) mass is 300 g/mol. The number of nitrogens with one attached hydrogen (secondary N) is 1. The van der Waals surface area contributed by atoms with Crippen molar-refractivity contribution < 1.29 is 0 Å². The molecule has 5 heteroatoms. The van der Waals surface area contributed by atoms with Crippen molar-refractivity contribution in [3.05, 3.63) is 33.7 Å². The summed E-state index contributed by atoms with van der Waals surface area (Å²) in [7, 11) is 0. The first-order valence-electron chi connectivity index (χ1n) is 4.17. The largest absolute Gasteiger partial charge is 0.324 e. The highest BCUT2D eigenvalue weighted by molar-refractivity contribution is 14.1. The maximum absolute atomic E-state index is 5.43. The average molecular weight is 300 g/mol. The van der Waals surface area contributed by atoms with Crippen LogP contribution in [0.1, 0.15) is 5.82 Å². The summed E-state index contributed by atoms with van der Waals surface area (Å²) in [6, 6.07) is 8.03. The summed E-state index contributed by atoms with van der Waals surface area (Å²) >= 11 is 2.26. The van der Waals surface area contributed by atoms with Crippen molar-refractivity contribution in [2.45, 2.75) is 6.54 Å². The van der Waals surface area contributed by atoms with Crippen molar-refractivity contribution in [2.24, 2.45) is 5.73 Å². The van der Waals surface area contributed by atoms with E-state index >= 15 is 0 Å². The zero-order valence-electron chi connectivity index (χ0n) is 7.37. The number of benzene rings is 1. The highest BCUT2D eigenvalue weighted by Crippen LogP contribution is 2.15. The van der Waals surface area contributed by atoms with Gasteiger partial charge in [-0.2, -0.15) is 5.10 Å². The van der Waals surface area contributed by atoms with Gasteiger partial charge in [-0.25, -0.2) is 4.98 Å². The van der Waals surface area contributed by atoms with Gasteiger partial charge in [0.05, 0.1) is 6.54 Å². The molecule has 2 aromatic rings. The summed E-state index contributed by atoms with van der Waals surface area (Å²) in [5, 5.41) is 6.85. The molecule has 4 nitrogen and oxygen atoms in total. The third kappa shape index (κ3) is 1.93. The molecule has 0 aliphatic rings. The van der Waals surface area contributed by atoms with E-state index in [1.807, 2.05) is 24.3 Å². The van der Waals surface area contributed by atoms with E-state index < -0.39 is 0 Å². The van der Waals surface area contributed by atoms with Crippen LogP contribution in [0.2, 0.25) is 0 Å². The van der Waals surface area contributed by atoms with E-state index in [0.717, 1.165) is 5.56 Å². The number of aromatic nitrogens is 3. The Morgan fingerprint density at radius 2 is 2.00 bits per heavy atom. The molecule has 1 aromatic carbocycles. The first-order chi connectivity index (χ1) is 6.79. The highest BCUT2D eigenvalue weighted by atomic mass is 127. The maximum atomic E-state index is 5.43. The Morgan fingerprint density at radius 3 is 2.57 bits per heavy atom. The molecular formula is C9H9IN4. The van der Waals surface area contributed by atoms with Gasteiger partial charge in [-0.15, -0.1) is 0 Å². The standard InChI is InChI=1S/C9H9IN4/c10-7-3-1-6(2-4-7)9-12-8(5-11)13-14-9/h1-4H,5,11H2,(H,12,13,14). The Hall–Kier alpha value is -0.950. The van der Waals surface area contributed by atoms with Gasteiger partial charge < -0.3 is 5.73 Å². The predicted octanol–water partition coefficient (Wildman–Crippen LogP) is 1.54. The van der Waals surface area contributed by atoms with E-state index in [9.17, 15) is 0 Å². The number of hydrogen-bond acceptors (Lipinski definition) is 3. The first-order valence-corrected chi connectivity index (χ1v) is 5.25. The van der Waals surface area contributed by atoms with Crippen LogP contribution in [0, 0.1) is 3.57 Å². The number of hydrogen-bond donors (Lipinski definition) is 2.